The molecule has 0 saturated heterocycles. The number of carbonyl (C=O) groups excluding carboxylic acids is 1. The van der Waals surface area contributed by atoms with Crippen LogP contribution >= 0.6 is 11.6 Å². The smallest absolute Gasteiger partial charge is 0.271 e. The van der Waals surface area contributed by atoms with Gasteiger partial charge in [0.05, 0.1) is 5.54 Å². The van der Waals surface area contributed by atoms with Crippen molar-refractivity contribution in [3.8, 4) is 12.3 Å². The lowest BCUT2D eigenvalue weighted by molar-refractivity contribution is 0.0925. The van der Waals surface area contributed by atoms with E-state index < -0.39 is 5.54 Å². The molecule has 1 aromatic carbocycles. The highest BCUT2D eigenvalue weighted by molar-refractivity contribution is 6.34. The third-order valence-corrected chi connectivity index (χ3v) is 3.00. The van der Waals surface area contributed by atoms with Gasteiger partial charge in [0.1, 0.15) is 10.8 Å². The summed E-state index contributed by atoms with van der Waals surface area (Å²) in [4.78, 5) is 16.2. The van der Waals surface area contributed by atoms with Crippen LogP contribution in [0.2, 0.25) is 5.15 Å². The second-order valence-electron chi connectivity index (χ2n) is 4.74. The molecule has 0 bridgehead atoms. The fourth-order valence-electron chi connectivity index (χ4n) is 1.66. The molecule has 2 aromatic rings. The maximum Gasteiger partial charge on any atom is 0.271 e. The first-order valence-electron chi connectivity index (χ1n) is 5.78. The summed E-state index contributed by atoms with van der Waals surface area (Å²) in [6.07, 6.45) is 5.34. The number of hydrogen-bond acceptors (Lipinski definition) is 2. The maximum atomic E-state index is 12.1. The van der Waals surface area contributed by atoms with Gasteiger partial charge in [-0.1, -0.05) is 41.8 Å². The average Bonchev–Trinajstić information content (AvgIpc) is 2.38. The van der Waals surface area contributed by atoms with Gasteiger partial charge in [-0.05, 0) is 25.3 Å². The molecule has 1 amide bonds. The fraction of sp³-hybridized carbons (Fsp3) is 0.200. The van der Waals surface area contributed by atoms with Crippen LogP contribution < -0.4 is 5.32 Å². The van der Waals surface area contributed by atoms with E-state index >= 15 is 0 Å². The van der Waals surface area contributed by atoms with Gasteiger partial charge in [-0.15, -0.1) is 6.42 Å². The van der Waals surface area contributed by atoms with Gasteiger partial charge in [-0.25, -0.2) is 4.98 Å². The third kappa shape index (κ3) is 2.86. The van der Waals surface area contributed by atoms with Crippen LogP contribution in [0.5, 0.6) is 0 Å². The Morgan fingerprint density at radius 2 is 2.11 bits per heavy atom. The molecule has 1 N–H and O–H groups in total. The van der Waals surface area contributed by atoms with Crippen LogP contribution in [0.25, 0.3) is 10.8 Å². The highest BCUT2D eigenvalue weighted by Crippen LogP contribution is 2.22. The highest BCUT2D eigenvalue weighted by Gasteiger charge is 2.19. The first-order chi connectivity index (χ1) is 8.93. The van der Waals surface area contributed by atoms with Crippen LogP contribution in [0.1, 0.15) is 24.3 Å². The zero-order chi connectivity index (χ0) is 14.0. The van der Waals surface area contributed by atoms with Crippen molar-refractivity contribution >= 4 is 28.3 Å². The van der Waals surface area contributed by atoms with Crippen molar-refractivity contribution in [3.63, 3.8) is 0 Å². The molecular weight excluding hydrogens is 260 g/mol. The molecule has 4 heteroatoms. The van der Waals surface area contributed by atoms with E-state index in [4.69, 9.17) is 18.0 Å². The van der Waals surface area contributed by atoms with E-state index in [0.29, 0.717) is 5.15 Å². The number of halogens is 1. The van der Waals surface area contributed by atoms with Gasteiger partial charge in [0.2, 0.25) is 0 Å². The van der Waals surface area contributed by atoms with E-state index in [0.717, 1.165) is 10.8 Å². The molecule has 0 radical (unpaired) electrons. The summed E-state index contributed by atoms with van der Waals surface area (Å²) >= 11 is 6.08. The van der Waals surface area contributed by atoms with Crippen molar-refractivity contribution in [2.45, 2.75) is 19.4 Å². The zero-order valence-electron chi connectivity index (χ0n) is 10.7. The number of hydrogen-bond donors (Lipinski definition) is 1. The van der Waals surface area contributed by atoms with Gasteiger partial charge in [-0.2, -0.15) is 0 Å². The number of pyridine rings is 1. The molecule has 0 unspecified atom stereocenters. The number of terminal acetylenes is 1. The summed E-state index contributed by atoms with van der Waals surface area (Å²) in [5.41, 5.74) is -0.469. The lowest BCUT2D eigenvalue weighted by Gasteiger charge is -2.19. The summed E-state index contributed by atoms with van der Waals surface area (Å²) in [7, 11) is 0. The molecule has 0 fully saturated rings. The normalized spacial score (nSPS) is 11.1. The first kappa shape index (κ1) is 13.4. The maximum absolute atomic E-state index is 12.1. The van der Waals surface area contributed by atoms with E-state index in [9.17, 15) is 4.79 Å². The first-order valence-corrected chi connectivity index (χ1v) is 6.16. The van der Waals surface area contributed by atoms with Crippen molar-refractivity contribution in [1.29, 1.82) is 0 Å². The van der Waals surface area contributed by atoms with Crippen LogP contribution in [-0.4, -0.2) is 16.4 Å². The van der Waals surface area contributed by atoms with E-state index in [1.165, 1.54) is 0 Å². The Kier molecular flexibility index (Phi) is 3.46. The summed E-state index contributed by atoms with van der Waals surface area (Å²) in [6.45, 7) is 3.49. The number of fused-ring (bicyclic) bond motifs is 1. The number of benzene rings is 1. The predicted octanol–water partition coefficient (Wildman–Crippen LogP) is 3.03. The Balaban J connectivity index is 2.42. The highest BCUT2D eigenvalue weighted by atomic mass is 35.5. The fourth-order valence-corrected chi connectivity index (χ4v) is 1.92. The van der Waals surface area contributed by atoms with Crippen LogP contribution in [-0.2, 0) is 0 Å². The second-order valence-corrected chi connectivity index (χ2v) is 5.10. The molecular formula is C15H13ClN2O. The molecule has 0 saturated carbocycles. The van der Waals surface area contributed by atoms with Gasteiger partial charge >= 0.3 is 0 Å². The number of rotatable bonds is 2. The molecule has 0 aliphatic carbocycles. The SMILES string of the molecule is C#CC(C)(C)NC(=O)c1cc2ccccc2c(Cl)n1. The number of nitrogens with zero attached hydrogens (tertiary/aromatic N) is 1. The second kappa shape index (κ2) is 4.91. The quantitative estimate of drug-likeness (QED) is 0.674. The van der Waals surface area contributed by atoms with Gasteiger partial charge in [0, 0.05) is 5.39 Å². The lowest BCUT2D eigenvalue weighted by atomic mass is 10.1. The minimum atomic E-state index is -0.725. The molecule has 1 aromatic heterocycles. The van der Waals surface area contributed by atoms with Gasteiger partial charge in [0.15, 0.2) is 0 Å². The molecule has 0 aliphatic heterocycles. The minimum absolute atomic E-state index is 0.257. The Labute approximate surface area is 117 Å². The summed E-state index contributed by atoms with van der Waals surface area (Å²) in [5, 5.41) is 4.71. The lowest BCUT2D eigenvalue weighted by Crippen LogP contribution is -2.42. The van der Waals surface area contributed by atoms with Gasteiger partial charge < -0.3 is 5.32 Å². The molecule has 3 nitrogen and oxygen atoms in total. The average molecular weight is 273 g/mol. The topological polar surface area (TPSA) is 42.0 Å². The number of amides is 1. The summed E-state index contributed by atoms with van der Waals surface area (Å²) in [6, 6.07) is 9.19. The summed E-state index contributed by atoms with van der Waals surface area (Å²) < 4.78 is 0. The Hall–Kier alpha value is -2.05. The molecule has 0 atom stereocenters. The van der Waals surface area contributed by atoms with Crippen molar-refractivity contribution in [2.24, 2.45) is 0 Å². The molecule has 19 heavy (non-hydrogen) atoms. The van der Waals surface area contributed by atoms with Crippen molar-refractivity contribution in [2.75, 3.05) is 0 Å². The largest absolute Gasteiger partial charge is 0.335 e. The van der Waals surface area contributed by atoms with Crippen molar-refractivity contribution in [1.82, 2.24) is 10.3 Å². The molecule has 96 valence electrons. The van der Waals surface area contributed by atoms with Gasteiger partial charge in [-0.3, -0.25) is 4.79 Å². The Bertz CT molecular complexity index is 686. The minimum Gasteiger partial charge on any atom is -0.335 e. The third-order valence-electron chi connectivity index (χ3n) is 2.71. The van der Waals surface area contributed by atoms with Crippen LogP contribution in [0, 0.1) is 12.3 Å². The Morgan fingerprint density at radius 3 is 2.79 bits per heavy atom. The zero-order valence-corrected chi connectivity index (χ0v) is 11.5. The molecule has 0 aliphatic rings. The predicted molar refractivity (Wildman–Crippen MR) is 77.1 cm³/mol. The number of carbonyl (C=O) groups is 1. The standard InChI is InChI=1S/C15H13ClN2O/c1-4-15(2,3)18-14(19)12-9-10-7-5-6-8-11(10)13(16)17-12/h1,5-9H,2-3H3,(H,18,19). The number of aromatic nitrogens is 1. The van der Waals surface area contributed by atoms with E-state index in [1.54, 1.807) is 19.9 Å². The van der Waals surface area contributed by atoms with E-state index in [1.807, 2.05) is 24.3 Å². The van der Waals surface area contributed by atoms with Crippen LogP contribution in [0.4, 0.5) is 0 Å². The Morgan fingerprint density at radius 1 is 1.42 bits per heavy atom. The molecule has 2 rings (SSSR count). The monoisotopic (exact) mass is 272 g/mol. The van der Waals surface area contributed by atoms with E-state index in [-0.39, 0.29) is 11.6 Å². The van der Waals surface area contributed by atoms with Crippen molar-refractivity contribution in [3.05, 3.63) is 41.2 Å². The summed E-state index contributed by atoms with van der Waals surface area (Å²) in [5.74, 6) is 2.16. The van der Waals surface area contributed by atoms with Crippen molar-refractivity contribution < 1.29 is 4.79 Å². The molecule has 0 spiro atoms. The van der Waals surface area contributed by atoms with Crippen LogP contribution in [0.15, 0.2) is 30.3 Å². The van der Waals surface area contributed by atoms with E-state index in [2.05, 4.69) is 16.2 Å². The van der Waals surface area contributed by atoms with Gasteiger partial charge in [0.25, 0.3) is 5.91 Å². The number of nitrogens with one attached hydrogen (secondary N) is 1. The van der Waals surface area contributed by atoms with Crippen LogP contribution in [0.3, 0.4) is 0 Å². The molecule has 1 heterocycles.